The van der Waals surface area contributed by atoms with Gasteiger partial charge in [-0.25, -0.2) is 4.18 Å². The summed E-state index contributed by atoms with van der Waals surface area (Å²) < 4.78 is 32.9. The number of hydrogen-bond donors (Lipinski definition) is 2. The van der Waals surface area contributed by atoms with Gasteiger partial charge in [-0.05, 0) is 25.9 Å². The molecule has 0 spiro atoms. The third-order valence-corrected chi connectivity index (χ3v) is 2.76. The molecule has 2 N–H and O–H groups in total. The quantitative estimate of drug-likeness (QED) is 0.638. The van der Waals surface area contributed by atoms with Crippen molar-refractivity contribution in [1.82, 2.24) is 4.90 Å². The van der Waals surface area contributed by atoms with Gasteiger partial charge in [0, 0.05) is 6.54 Å². The minimum Gasteiger partial charge on any atom is -0.389 e. The summed E-state index contributed by atoms with van der Waals surface area (Å²) in [6.45, 7) is 1.83. The van der Waals surface area contributed by atoms with Crippen LogP contribution in [0, 0.1) is 0 Å². The first-order chi connectivity index (χ1) is 6.97. The van der Waals surface area contributed by atoms with Crippen molar-refractivity contribution in [2.24, 2.45) is 0 Å². The number of rotatable bonds is 5. The van der Waals surface area contributed by atoms with Gasteiger partial charge in [0.25, 0.3) is 0 Å². The highest BCUT2D eigenvalue weighted by atomic mass is 32.3. The molecule has 0 aromatic heterocycles. The zero-order chi connectivity index (χ0) is 11.3. The number of likely N-dealkylation sites (tertiary alicyclic amines) is 1. The normalized spacial score (nSPS) is 21.5. The Morgan fingerprint density at radius 3 is 2.40 bits per heavy atom. The monoisotopic (exact) mass is 239 g/mol. The average Bonchev–Trinajstić information content (AvgIpc) is 2.15. The van der Waals surface area contributed by atoms with Crippen LogP contribution in [0.4, 0.5) is 0 Å². The molecule has 1 aliphatic rings. The summed E-state index contributed by atoms with van der Waals surface area (Å²) in [5, 5.41) is 9.42. The maximum atomic E-state index is 10.2. The van der Waals surface area contributed by atoms with Crippen molar-refractivity contribution in [2.45, 2.75) is 25.4 Å². The first-order valence-corrected chi connectivity index (χ1v) is 6.36. The van der Waals surface area contributed by atoms with Crippen LogP contribution in [0.3, 0.4) is 0 Å². The second kappa shape index (κ2) is 5.76. The topological polar surface area (TPSA) is 87.1 Å². The molecule has 6 nitrogen and oxygen atoms in total. The Hall–Kier alpha value is -0.210. The summed E-state index contributed by atoms with van der Waals surface area (Å²) >= 11 is 0. The van der Waals surface area contributed by atoms with Crippen LogP contribution in [0.1, 0.15) is 19.3 Å². The Balaban J connectivity index is 2.20. The molecule has 7 heteroatoms. The van der Waals surface area contributed by atoms with Gasteiger partial charge in [0.1, 0.15) is 0 Å². The van der Waals surface area contributed by atoms with Crippen LogP contribution in [0.5, 0.6) is 0 Å². The highest BCUT2D eigenvalue weighted by Gasteiger charge is 2.16. The van der Waals surface area contributed by atoms with E-state index in [0.29, 0.717) is 6.54 Å². The standard InChI is InChI=1S/C8H17NO5S/c10-8(7-14-15(11,12)13)6-9-4-2-1-3-5-9/h8,10H,1-7H2,(H,11,12,13). The molecule has 0 aromatic rings. The predicted octanol–water partition coefficient (Wildman–Crippen LogP) is -0.347. The summed E-state index contributed by atoms with van der Waals surface area (Å²) in [5.41, 5.74) is 0. The van der Waals surface area contributed by atoms with Gasteiger partial charge in [-0.15, -0.1) is 0 Å². The highest BCUT2D eigenvalue weighted by molar-refractivity contribution is 7.80. The molecule has 1 atom stereocenters. The molecule has 1 unspecified atom stereocenters. The van der Waals surface area contributed by atoms with Gasteiger partial charge >= 0.3 is 10.4 Å². The minimum absolute atomic E-state index is 0.384. The molecular weight excluding hydrogens is 222 g/mol. The Kier molecular flexibility index (Phi) is 4.94. The van der Waals surface area contributed by atoms with E-state index in [0.717, 1.165) is 25.9 Å². The van der Waals surface area contributed by atoms with Gasteiger partial charge in [-0.2, -0.15) is 8.42 Å². The molecule has 0 saturated carbocycles. The maximum absolute atomic E-state index is 10.2. The summed E-state index contributed by atoms with van der Waals surface area (Å²) in [6, 6.07) is 0. The van der Waals surface area contributed by atoms with Crippen molar-refractivity contribution in [2.75, 3.05) is 26.2 Å². The van der Waals surface area contributed by atoms with Crippen LogP contribution < -0.4 is 0 Å². The third-order valence-electron chi connectivity index (χ3n) is 2.33. The van der Waals surface area contributed by atoms with E-state index < -0.39 is 23.1 Å². The third kappa shape index (κ3) is 6.06. The zero-order valence-corrected chi connectivity index (χ0v) is 9.32. The molecule has 0 aromatic carbocycles. The van der Waals surface area contributed by atoms with E-state index in [1.54, 1.807) is 0 Å². The second-order valence-corrected chi connectivity index (χ2v) is 4.82. The van der Waals surface area contributed by atoms with Gasteiger partial charge in [0.05, 0.1) is 12.7 Å². The van der Waals surface area contributed by atoms with E-state index in [1.165, 1.54) is 6.42 Å². The summed E-state index contributed by atoms with van der Waals surface area (Å²) in [7, 11) is -4.44. The summed E-state index contributed by atoms with van der Waals surface area (Å²) in [4.78, 5) is 2.06. The van der Waals surface area contributed by atoms with Crippen molar-refractivity contribution >= 4 is 10.4 Å². The number of nitrogens with zero attached hydrogens (tertiary/aromatic N) is 1. The van der Waals surface area contributed by atoms with Crippen molar-refractivity contribution in [3.8, 4) is 0 Å². The van der Waals surface area contributed by atoms with Gasteiger partial charge < -0.3 is 10.0 Å². The van der Waals surface area contributed by atoms with Crippen molar-refractivity contribution in [3.05, 3.63) is 0 Å². The molecule has 0 radical (unpaired) electrons. The molecule has 0 aliphatic carbocycles. The fraction of sp³-hybridized carbons (Fsp3) is 1.00. The number of hydrogen-bond acceptors (Lipinski definition) is 5. The van der Waals surface area contributed by atoms with Gasteiger partial charge in [0.2, 0.25) is 0 Å². The molecular formula is C8H17NO5S. The molecule has 90 valence electrons. The van der Waals surface area contributed by atoms with E-state index in [9.17, 15) is 13.5 Å². The van der Waals surface area contributed by atoms with E-state index in [2.05, 4.69) is 9.08 Å². The van der Waals surface area contributed by atoms with Crippen molar-refractivity contribution in [3.63, 3.8) is 0 Å². The van der Waals surface area contributed by atoms with Crippen LogP contribution >= 0.6 is 0 Å². The Morgan fingerprint density at radius 1 is 1.27 bits per heavy atom. The largest absolute Gasteiger partial charge is 0.397 e. The van der Waals surface area contributed by atoms with E-state index >= 15 is 0 Å². The number of aliphatic hydroxyl groups is 1. The first kappa shape index (κ1) is 12.9. The van der Waals surface area contributed by atoms with Crippen LogP contribution in [0.15, 0.2) is 0 Å². The average molecular weight is 239 g/mol. The number of piperidine rings is 1. The molecule has 1 heterocycles. The minimum atomic E-state index is -4.44. The fourth-order valence-corrected chi connectivity index (χ4v) is 1.99. The van der Waals surface area contributed by atoms with E-state index in [1.807, 2.05) is 0 Å². The maximum Gasteiger partial charge on any atom is 0.397 e. The first-order valence-electron chi connectivity index (χ1n) is 4.99. The summed E-state index contributed by atoms with van der Waals surface area (Å²) in [5.74, 6) is 0. The van der Waals surface area contributed by atoms with Crippen LogP contribution in [0.2, 0.25) is 0 Å². The molecule has 1 saturated heterocycles. The van der Waals surface area contributed by atoms with E-state index in [4.69, 9.17) is 4.55 Å². The van der Waals surface area contributed by atoms with Crippen LogP contribution in [0.25, 0.3) is 0 Å². The lowest BCUT2D eigenvalue weighted by Crippen LogP contribution is -2.38. The molecule has 1 fully saturated rings. The zero-order valence-electron chi connectivity index (χ0n) is 8.50. The SMILES string of the molecule is O=S(=O)(O)OCC(O)CN1CCCCC1. The molecule has 0 bridgehead atoms. The Morgan fingerprint density at radius 2 is 1.87 bits per heavy atom. The van der Waals surface area contributed by atoms with Gasteiger partial charge in [-0.1, -0.05) is 6.42 Å². The van der Waals surface area contributed by atoms with Gasteiger partial charge in [0.15, 0.2) is 0 Å². The molecule has 0 amide bonds. The fourth-order valence-electron chi connectivity index (χ4n) is 1.66. The van der Waals surface area contributed by atoms with Gasteiger partial charge in [-0.3, -0.25) is 4.55 Å². The number of β-amino-alcohol motifs (C(OH)–C–C–N with tert-alkyl or cyclic N) is 1. The Labute approximate surface area is 89.8 Å². The smallest absolute Gasteiger partial charge is 0.389 e. The highest BCUT2D eigenvalue weighted by Crippen LogP contribution is 2.09. The molecule has 1 aliphatic heterocycles. The second-order valence-electron chi connectivity index (χ2n) is 3.73. The summed E-state index contributed by atoms with van der Waals surface area (Å²) in [6.07, 6.45) is 2.52. The van der Waals surface area contributed by atoms with E-state index in [-0.39, 0.29) is 0 Å². The Bertz CT molecular complexity index is 273. The lowest BCUT2D eigenvalue weighted by Gasteiger charge is -2.28. The number of aliphatic hydroxyl groups excluding tert-OH is 1. The lowest BCUT2D eigenvalue weighted by molar-refractivity contribution is 0.0596. The van der Waals surface area contributed by atoms with Crippen molar-refractivity contribution < 1.29 is 22.3 Å². The lowest BCUT2D eigenvalue weighted by atomic mass is 10.1. The molecule has 1 rings (SSSR count). The molecule has 15 heavy (non-hydrogen) atoms. The van der Waals surface area contributed by atoms with Crippen LogP contribution in [-0.2, 0) is 14.6 Å². The predicted molar refractivity (Wildman–Crippen MR) is 53.8 cm³/mol. The van der Waals surface area contributed by atoms with Crippen LogP contribution in [-0.4, -0.2) is 55.3 Å². The van der Waals surface area contributed by atoms with Crippen molar-refractivity contribution in [1.29, 1.82) is 0 Å².